The minimum absolute atomic E-state index is 0.300. The molecule has 0 aromatic heterocycles. The molecule has 1 amide bonds. The van der Waals surface area contributed by atoms with Crippen LogP contribution in [0.15, 0.2) is 0 Å². The summed E-state index contributed by atoms with van der Waals surface area (Å²) in [4.78, 5) is 22.1. The molecule has 1 saturated heterocycles. The largest absolute Gasteiger partial charge is 0.344 e. The van der Waals surface area contributed by atoms with E-state index in [1.807, 2.05) is 23.9 Å². The first-order chi connectivity index (χ1) is 10.1. The molecule has 0 unspecified atom stereocenters. The second-order valence-corrected chi connectivity index (χ2v) is 6.52. The summed E-state index contributed by atoms with van der Waals surface area (Å²) in [7, 11) is 4.11. The van der Waals surface area contributed by atoms with Crippen LogP contribution in [-0.4, -0.2) is 73.7 Å². The fourth-order valence-electron chi connectivity index (χ4n) is 2.96. The van der Waals surface area contributed by atoms with Crippen LogP contribution in [0.25, 0.3) is 0 Å². The molecule has 0 bridgehead atoms. The highest BCUT2D eigenvalue weighted by molar-refractivity contribution is 5.76. The van der Waals surface area contributed by atoms with Crippen molar-refractivity contribution in [2.45, 2.75) is 45.1 Å². The number of amides is 1. The average Bonchev–Trinajstić information content (AvgIpc) is 3.31. The Hall–Kier alpha value is -0.650. The van der Waals surface area contributed by atoms with Gasteiger partial charge in [-0.05, 0) is 45.6 Å². The number of nitrogens with zero attached hydrogens (tertiary/aromatic N) is 3. The Morgan fingerprint density at radius 1 is 1.14 bits per heavy atom. The highest BCUT2D eigenvalue weighted by Crippen LogP contribution is 2.25. The maximum absolute atomic E-state index is 12.3. The van der Waals surface area contributed by atoms with E-state index in [-0.39, 0.29) is 0 Å². The zero-order valence-corrected chi connectivity index (χ0v) is 13.9. The van der Waals surface area contributed by atoms with Crippen molar-refractivity contribution >= 4 is 5.91 Å². The van der Waals surface area contributed by atoms with Crippen LogP contribution >= 0.6 is 0 Å². The van der Waals surface area contributed by atoms with Crippen molar-refractivity contribution in [1.29, 1.82) is 0 Å². The van der Waals surface area contributed by atoms with E-state index in [0.29, 0.717) is 18.2 Å². The summed E-state index contributed by atoms with van der Waals surface area (Å²) in [6.07, 6.45) is 5.49. The van der Waals surface area contributed by atoms with Gasteiger partial charge in [-0.3, -0.25) is 9.63 Å². The molecule has 5 heteroatoms. The second-order valence-electron chi connectivity index (χ2n) is 6.52. The fraction of sp³-hybridized carbons (Fsp3) is 0.938. The SMILES string of the molecule is CCON1CCC(CC(=O)N(C)CCN(C)C2CC2)CC1. The lowest BCUT2D eigenvalue weighted by atomic mass is 9.94. The van der Waals surface area contributed by atoms with E-state index in [1.165, 1.54) is 12.8 Å². The Labute approximate surface area is 129 Å². The van der Waals surface area contributed by atoms with Gasteiger partial charge in [0, 0.05) is 45.7 Å². The van der Waals surface area contributed by atoms with E-state index in [0.717, 1.165) is 51.7 Å². The number of likely N-dealkylation sites (N-methyl/N-ethyl adjacent to an activating group) is 2. The molecule has 0 radical (unpaired) electrons. The average molecular weight is 297 g/mol. The van der Waals surface area contributed by atoms with Gasteiger partial charge in [0.2, 0.25) is 5.91 Å². The third kappa shape index (κ3) is 5.57. The lowest BCUT2D eigenvalue weighted by Gasteiger charge is -2.31. The van der Waals surface area contributed by atoms with Crippen molar-refractivity contribution in [1.82, 2.24) is 14.9 Å². The molecule has 2 rings (SSSR count). The molecule has 5 nitrogen and oxygen atoms in total. The van der Waals surface area contributed by atoms with Gasteiger partial charge in [0.15, 0.2) is 0 Å². The first kappa shape index (κ1) is 16.7. The highest BCUT2D eigenvalue weighted by atomic mass is 16.7. The quantitative estimate of drug-likeness (QED) is 0.682. The van der Waals surface area contributed by atoms with Gasteiger partial charge in [-0.2, -0.15) is 5.06 Å². The Balaban J connectivity index is 1.61. The van der Waals surface area contributed by atoms with Crippen LogP contribution in [0.2, 0.25) is 0 Å². The van der Waals surface area contributed by atoms with Gasteiger partial charge < -0.3 is 9.80 Å². The Bertz CT molecular complexity index is 325. The summed E-state index contributed by atoms with van der Waals surface area (Å²) in [6.45, 7) is 6.52. The monoisotopic (exact) mass is 297 g/mol. The lowest BCUT2D eigenvalue weighted by molar-refractivity contribution is -0.170. The topological polar surface area (TPSA) is 36.0 Å². The second kappa shape index (κ2) is 8.11. The molecule has 0 atom stereocenters. The molecule has 0 spiro atoms. The number of hydroxylamine groups is 2. The molecular formula is C16H31N3O2. The van der Waals surface area contributed by atoms with Crippen LogP contribution in [0, 0.1) is 5.92 Å². The van der Waals surface area contributed by atoms with Crippen molar-refractivity contribution in [2.75, 3.05) is 46.9 Å². The third-order valence-corrected chi connectivity index (χ3v) is 4.73. The van der Waals surface area contributed by atoms with Crippen LogP contribution in [-0.2, 0) is 9.63 Å². The summed E-state index contributed by atoms with van der Waals surface area (Å²) in [5.74, 6) is 0.826. The molecule has 21 heavy (non-hydrogen) atoms. The summed E-state index contributed by atoms with van der Waals surface area (Å²) in [5.41, 5.74) is 0. The van der Waals surface area contributed by atoms with E-state index in [9.17, 15) is 4.79 Å². The van der Waals surface area contributed by atoms with Crippen molar-refractivity contribution in [3.63, 3.8) is 0 Å². The first-order valence-electron chi connectivity index (χ1n) is 8.42. The van der Waals surface area contributed by atoms with Gasteiger partial charge in [-0.25, -0.2) is 0 Å². The number of carbonyl (C=O) groups is 1. The number of hydrogen-bond donors (Lipinski definition) is 0. The zero-order chi connectivity index (χ0) is 15.2. The Morgan fingerprint density at radius 3 is 2.38 bits per heavy atom. The molecule has 1 aliphatic carbocycles. The van der Waals surface area contributed by atoms with Crippen molar-refractivity contribution in [3.8, 4) is 0 Å². The number of hydrogen-bond acceptors (Lipinski definition) is 4. The molecule has 2 fully saturated rings. The van der Waals surface area contributed by atoms with Crippen LogP contribution < -0.4 is 0 Å². The van der Waals surface area contributed by atoms with Crippen LogP contribution in [0.5, 0.6) is 0 Å². The highest BCUT2D eigenvalue weighted by Gasteiger charge is 2.27. The predicted molar refractivity (Wildman–Crippen MR) is 83.8 cm³/mol. The van der Waals surface area contributed by atoms with Crippen molar-refractivity contribution < 1.29 is 9.63 Å². The molecule has 0 N–H and O–H groups in total. The van der Waals surface area contributed by atoms with Crippen molar-refractivity contribution in [3.05, 3.63) is 0 Å². The van der Waals surface area contributed by atoms with Gasteiger partial charge in [0.25, 0.3) is 0 Å². The van der Waals surface area contributed by atoms with Gasteiger partial charge in [0.05, 0.1) is 6.61 Å². The number of piperidine rings is 1. The van der Waals surface area contributed by atoms with Crippen molar-refractivity contribution in [2.24, 2.45) is 5.92 Å². The standard InChI is InChI=1S/C16H31N3O2/c1-4-21-19-9-7-14(8-10-19)13-16(20)18(3)12-11-17(2)15-5-6-15/h14-15H,4-13H2,1-3H3. The molecule has 0 aromatic rings. The summed E-state index contributed by atoms with van der Waals surface area (Å²) >= 11 is 0. The molecule has 1 aliphatic heterocycles. The van der Waals surface area contributed by atoms with E-state index in [2.05, 4.69) is 11.9 Å². The predicted octanol–water partition coefficient (Wildman–Crippen LogP) is 1.59. The summed E-state index contributed by atoms with van der Waals surface area (Å²) in [5, 5.41) is 2.04. The van der Waals surface area contributed by atoms with Crippen LogP contribution in [0.3, 0.4) is 0 Å². The maximum Gasteiger partial charge on any atom is 0.222 e. The zero-order valence-electron chi connectivity index (χ0n) is 13.9. The smallest absolute Gasteiger partial charge is 0.222 e. The van der Waals surface area contributed by atoms with Gasteiger partial charge in [0.1, 0.15) is 0 Å². The molecule has 1 saturated carbocycles. The Morgan fingerprint density at radius 2 is 1.81 bits per heavy atom. The first-order valence-corrected chi connectivity index (χ1v) is 8.42. The molecule has 2 aliphatic rings. The minimum Gasteiger partial charge on any atom is -0.344 e. The van der Waals surface area contributed by atoms with Gasteiger partial charge in [-0.15, -0.1) is 0 Å². The van der Waals surface area contributed by atoms with Gasteiger partial charge >= 0.3 is 0 Å². The Kier molecular flexibility index (Phi) is 6.45. The van der Waals surface area contributed by atoms with E-state index < -0.39 is 0 Å². The summed E-state index contributed by atoms with van der Waals surface area (Å²) in [6, 6.07) is 0.774. The van der Waals surface area contributed by atoms with Crippen LogP contribution in [0.1, 0.15) is 39.0 Å². The molecular weight excluding hydrogens is 266 g/mol. The lowest BCUT2D eigenvalue weighted by Crippen LogP contribution is -2.38. The van der Waals surface area contributed by atoms with E-state index in [1.54, 1.807) is 0 Å². The molecule has 1 heterocycles. The normalized spacial score (nSPS) is 21.0. The number of carbonyl (C=O) groups excluding carboxylic acids is 1. The minimum atomic E-state index is 0.300. The summed E-state index contributed by atoms with van der Waals surface area (Å²) < 4.78 is 0. The van der Waals surface area contributed by atoms with Crippen LogP contribution in [0.4, 0.5) is 0 Å². The van der Waals surface area contributed by atoms with E-state index in [4.69, 9.17) is 4.84 Å². The maximum atomic E-state index is 12.3. The molecule has 0 aromatic carbocycles. The van der Waals surface area contributed by atoms with Gasteiger partial charge in [-0.1, -0.05) is 0 Å². The number of rotatable bonds is 8. The fourth-order valence-corrected chi connectivity index (χ4v) is 2.96. The third-order valence-electron chi connectivity index (χ3n) is 4.73. The molecule has 122 valence electrons. The van der Waals surface area contributed by atoms with E-state index >= 15 is 0 Å².